The second kappa shape index (κ2) is 4.03. The zero-order chi connectivity index (χ0) is 10.8. The van der Waals surface area contributed by atoms with Crippen LogP contribution in [0.4, 0.5) is 0 Å². The van der Waals surface area contributed by atoms with E-state index in [9.17, 15) is 0 Å². The first-order valence-corrected chi connectivity index (χ1v) is 5.27. The van der Waals surface area contributed by atoms with Crippen LogP contribution in [0.15, 0.2) is 24.5 Å². The molecule has 0 atom stereocenters. The van der Waals surface area contributed by atoms with Crippen molar-refractivity contribution in [3.8, 4) is 5.69 Å². The highest BCUT2D eigenvalue weighted by Crippen LogP contribution is 2.13. The van der Waals surface area contributed by atoms with Crippen LogP contribution in [0.25, 0.3) is 5.69 Å². The van der Waals surface area contributed by atoms with E-state index in [1.807, 2.05) is 30.7 Å². The van der Waals surface area contributed by atoms with Crippen LogP contribution in [0.3, 0.4) is 0 Å². The molecule has 2 aromatic rings. The largest absolute Gasteiger partial charge is 0.262 e. The first-order chi connectivity index (χ1) is 7.20. The number of pyridine rings is 1. The van der Waals surface area contributed by atoms with Crippen LogP contribution in [-0.2, 0) is 5.88 Å². The lowest BCUT2D eigenvalue weighted by Crippen LogP contribution is -2.00. The van der Waals surface area contributed by atoms with E-state index in [1.165, 1.54) is 0 Å². The van der Waals surface area contributed by atoms with Gasteiger partial charge < -0.3 is 0 Å². The van der Waals surface area contributed by atoms with E-state index in [-0.39, 0.29) is 0 Å². The van der Waals surface area contributed by atoms with Crippen LogP contribution in [0.2, 0.25) is 0 Å². The van der Waals surface area contributed by atoms with Gasteiger partial charge in [-0.1, -0.05) is 0 Å². The molecule has 0 unspecified atom stereocenters. The standard InChI is InChI=1S/C11H12ClN3/c1-8-3-9(2)15(14-8)11-4-10(5-12)6-13-7-11/h3-4,6-7H,5H2,1-2H3. The molecule has 4 heteroatoms. The molecule has 2 rings (SSSR count). The molecule has 3 nitrogen and oxygen atoms in total. The molecule has 0 fully saturated rings. The van der Waals surface area contributed by atoms with Gasteiger partial charge in [-0.2, -0.15) is 5.10 Å². The van der Waals surface area contributed by atoms with Gasteiger partial charge in [0.15, 0.2) is 0 Å². The predicted octanol–water partition coefficient (Wildman–Crippen LogP) is 2.62. The quantitative estimate of drug-likeness (QED) is 0.730. The van der Waals surface area contributed by atoms with Gasteiger partial charge in [0.1, 0.15) is 0 Å². The third kappa shape index (κ3) is 2.02. The van der Waals surface area contributed by atoms with Gasteiger partial charge >= 0.3 is 0 Å². The van der Waals surface area contributed by atoms with Crippen molar-refractivity contribution in [2.45, 2.75) is 19.7 Å². The highest BCUT2D eigenvalue weighted by Gasteiger charge is 2.04. The lowest BCUT2D eigenvalue weighted by Gasteiger charge is -2.04. The highest BCUT2D eigenvalue weighted by molar-refractivity contribution is 6.17. The SMILES string of the molecule is Cc1cc(C)n(-c2cncc(CCl)c2)n1. The summed E-state index contributed by atoms with van der Waals surface area (Å²) >= 11 is 5.76. The van der Waals surface area contributed by atoms with Gasteiger partial charge in [0, 0.05) is 17.8 Å². The summed E-state index contributed by atoms with van der Waals surface area (Å²) in [6.07, 6.45) is 3.55. The monoisotopic (exact) mass is 221 g/mol. The molecule has 0 radical (unpaired) electrons. The summed E-state index contributed by atoms with van der Waals surface area (Å²) in [6, 6.07) is 4.03. The zero-order valence-electron chi connectivity index (χ0n) is 8.74. The molecule has 0 saturated carbocycles. The fourth-order valence-electron chi connectivity index (χ4n) is 1.55. The highest BCUT2D eigenvalue weighted by atomic mass is 35.5. The Morgan fingerprint density at radius 2 is 2.07 bits per heavy atom. The van der Waals surface area contributed by atoms with Crippen molar-refractivity contribution in [2.75, 3.05) is 0 Å². The molecule has 78 valence electrons. The van der Waals surface area contributed by atoms with Crippen LogP contribution < -0.4 is 0 Å². The van der Waals surface area contributed by atoms with E-state index in [2.05, 4.69) is 10.1 Å². The lowest BCUT2D eigenvalue weighted by atomic mass is 10.3. The molecule has 0 aliphatic rings. The van der Waals surface area contributed by atoms with Crippen LogP contribution in [0.5, 0.6) is 0 Å². The molecular formula is C11H12ClN3. The van der Waals surface area contributed by atoms with E-state index in [4.69, 9.17) is 11.6 Å². The average molecular weight is 222 g/mol. The maximum absolute atomic E-state index is 5.76. The number of halogens is 1. The first kappa shape index (κ1) is 10.2. The number of nitrogens with zero attached hydrogens (tertiary/aromatic N) is 3. The molecule has 0 spiro atoms. The average Bonchev–Trinajstić information content (AvgIpc) is 2.58. The molecule has 0 saturated heterocycles. The summed E-state index contributed by atoms with van der Waals surface area (Å²) in [6.45, 7) is 4.00. The molecule has 15 heavy (non-hydrogen) atoms. The summed E-state index contributed by atoms with van der Waals surface area (Å²) in [4.78, 5) is 4.14. The zero-order valence-corrected chi connectivity index (χ0v) is 9.49. The summed E-state index contributed by atoms with van der Waals surface area (Å²) in [5.41, 5.74) is 4.06. The van der Waals surface area contributed by atoms with Crippen LogP contribution in [0, 0.1) is 13.8 Å². The summed E-state index contributed by atoms with van der Waals surface area (Å²) in [7, 11) is 0. The Bertz CT molecular complexity index is 476. The van der Waals surface area contributed by atoms with Crippen molar-refractivity contribution in [2.24, 2.45) is 0 Å². The molecule has 0 aliphatic carbocycles. The molecule has 2 heterocycles. The van der Waals surface area contributed by atoms with E-state index in [0.29, 0.717) is 5.88 Å². The van der Waals surface area contributed by atoms with E-state index in [0.717, 1.165) is 22.6 Å². The van der Waals surface area contributed by atoms with Crippen LogP contribution in [-0.4, -0.2) is 14.8 Å². The van der Waals surface area contributed by atoms with E-state index >= 15 is 0 Å². The molecule has 0 amide bonds. The second-order valence-electron chi connectivity index (χ2n) is 3.52. The smallest absolute Gasteiger partial charge is 0.0835 e. The summed E-state index contributed by atoms with van der Waals surface area (Å²) in [5.74, 6) is 0.472. The Kier molecular flexibility index (Phi) is 2.73. The predicted molar refractivity (Wildman–Crippen MR) is 60.4 cm³/mol. The van der Waals surface area contributed by atoms with Crippen molar-refractivity contribution in [3.05, 3.63) is 41.5 Å². The van der Waals surface area contributed by atoms with Crippen molar-refractivity contribution < 1.29 is 0 Å². The Balaban J connectivity index is 2.49. The van der Waals surface area contributed by atoms with Gasteiger partial charge in [0.05, 0.1) is 17.6 Å². The van der Waals surface area contributed by atoms with E-state index < -0.39 is 0 Å². The van der Waals surface area contributed by atoms with Gasteiger partial charge in [-0.3, -0.25) is 4.98 Å². The van der Waals surface area contributed by atoms with E-state index in [1.54, 1.807) is 12.4 Å². The molecular weight excluding hydrogens is 210 g/mol. The third-order valence-corrected chi connectivity index (χ3v) is 2.50. The normalized spacial score (nSPS) is 10.6. The maximum atomic E-state index is 5.76. The van der Waals surface area contributed by atoms with Crippen molar-refractivity contribution in [3.63, 3.8) is 0 Å². The third-order valence-electron chi connectivity index (χ3n) is 2.19. The summed E-state index contributed by atoms with van der Waals surface area (Å²) < 4.78 is 1.87. The topological polar surface area (TPSA) is 30.7 Å². The van der Waals surface area contributed by atoms with Crippen molar-refractivity contribution in [1.29, 1.82) is 0 Å². The fourth-order valence-corrected chi connectivity index (χ4v) is 1.70. The van der Waals surface area contributed by atoms with Crippen LogP contribution in [0.1, 0.15) is 17.0 Å². The molecule has 0 N–H and O–H groups in total. The van der Waals surface area contributed by atoms with Gasteiger partial charge in [-0.05, 0) is 31.5 Å². The molecule has 0 aliphatic heterocycles. The minimum Gasteiger partial charge on any atom is -0.262 e. The number of hydrogen-bond donors (Lipinski definition) is 0. The number of aromatic nitrogens is 3. The van der Waals surface area contributed by atoms with Crippen molar-refractivity contribution >= 4 is 11.6 Å². The molecule has 2 aromatic heterocycles. The Hall–Kier alpha value is -1.35. The first-order valence-electron chi connectivity index (χ1n) is 4.74. The van der Waals surface area contributed by atoms with Crippen molar-refractivity contribution in [1.82, 2.24) is 14.8 Å². The minimum absolute atomic E-state index is 0.472. The summed E-state index contributed by atoms with van der Waals surface area (Å²) in [5, 5.41) is 4.39. The molecule has 0 bridgehead atoms. The van der Waals surface area contributed by atoms with Gasteiger partial charge in [-0.15, -0.1) is 11.6 Å². The number of hydrogen-bond acceptors (Lipinski definition) is 2. The minimum atomic E-state index is 0.472. The number of aryl methyl sites for hydroxylation is 2. The Labute approximate surface area is 93.7 Å². The fraction of sp³-hybridized carbons (Fsp3) is 0.273. The molecule has 0 aromatic carbocycles. The Morgan fingerprint density at radius 1 is 1.27 bits per heavy atom. The van der Waals surface area contributed by atoms with Crippen LogP contribution >= 0.6 is 11.6 Å². The Morgan fingerprint density at radius 3 is 2.67 bits per heavy atom. The number of alkyl halides is 1. The number of rotatable bonds is 2. The maximum Gasteiger partial charge on any atom is 0.0835 e. The van der Waals surface area contributed by atoms with Gasteiger partial charge in [0.2, 0.25) is 0 Å². The van der Waals surface area contributed by atoms with Gasteiger partial charge in [0.25, 0.3) is 0 Å². The second-order valence-corrected chi connectivity index (χ2v) is 3.79. The lowest BCUT2D eigenvalue weighted by molar-refractivity contribution is 0.827. The van der Waals surface area contributed by atoms with Gasteiger partial charge in [-0.25, -0.2) is 4.68 Å².